The SMILES string of the molecule is O=CC(O)C(CC(=O)O)(CC(=O)O)C(=O)O. The molecule has 0 heterocycles. The van der Waals surface area contributed by atoms with E-state index in [0.717, 1.165) is 0 Å². The third-order valence-corrected chi connectivity index (χ3v) is 2.05. The molecule has 8 heteroatoms. The maximum absolute atomic E-state index is 10.8. The predicted octanol–water partition coefficient (Wildman–Crippen LogP) is -1.43. The first-order valence-electron chi connectivity index (χ1n) is 4.06. The second-order valence-electron chi connectivity index (χ2n) is 3.18. The van der Waals surface area contributed by atoms with Crippen LogP contribution >= 0.6 is 0 Å². The summed E-state index contributed by atoms with van der Waals surface area (Å²) >= 11 is 0. The van der Waals surface area contributed by atoms with E-state index in [2.05, 4.69) is 0 Å². The Bertz CT molecular complexity index is 304. The number of carbonyl (C=O) groups is 4. The molecular weight excluding hydrogens is 224 g/mol. The number of carboxylic acid groups (broad SMARTS) is 3. The van der Waals surface area contributed by atoms with Gasteiger partial charge in [0.1, 0.15) is 17.8 Å². The lowest BCUT2D eigenvalue weighted by molar-refractivity contribution is -0.169. The monoisotopic (exact) mass is 234 g/mol. The van der Waals surface area contributed by atoms with Crippen LogP contribution in [0, 0.1) is 5.41 Å². The Labute approximate surface area is 89.1 Å². The summed E-state index contributed by atoms with van der Waals surface area (Å²) in [5.41, 5.74) is -2.54. The van der Waals surface area contributed by atoms with Crippen LogP contribution < -0.4 is 0 Å². The van der Waals surface area contributed by atoms with Gasteiger partial charge in [0.2, 0.25) is 0 Å². The molecule has 0 radical (unpaired) electrons. The zero-order valence-electron chi connectivity index (χ0n) is 7.99. The highest BCUT2D eigenvalue weighted by Gasteiger charge is 2.49. The van der Waals surface area contributed by atoms with Crippen molar-refractivity contribution in [2.45, 2.75) is 18.9 Å². The molecule has 0 fully saturated rings. The maximum Gasteiger partial charge on any atom is 0.313 e. The predicted molar refractivity (Wildman–Crippen MR) is 46.6 cm³/mol. The van der Waals surface area contributed by atoms with Crippen LogP contribution in [0.3, 0.4) is 0 Å². The Morgan fingerprint density at radius 1 is 1.06 bits per heavy atom. The van der Waals surface area contributed by atoms with E-state index < -0.39 is 42.3 Å². The van der Waals surface area contributed by atoms with Crippen LogP contribution in [-0.2, 0) is 19.2 Å². The summed E-state index contributed by atoms with van der Waals surface area (Å²) in [4.78, 5) is 42.0. The first-order chi connectivity index (χ1) is 7.26. The van der Waals surface area contributed by atoms with Gasteiger partial charge in [-0.15, -0.1) is 0 Å². The number of aliphatic hydroxyl groups excluding tert-OH is 1. The largest absolute Gasteiger partial charge is 0.481 e. The van der Waals surface area contributed by atoms with E-state index >= 15 is 0 Å². The van der Waals surface area contributed by atoms with Crippen molar-refractivity contribution >= 4 is 24.2 Å². The number of carboxylic acids is 3. The van der Waals surface area contributed by atoms with Crippen molar-refractivity contribution in [3.8, 4) is 0 Å². The number of hydrogen-bond acceptors (Lipinski definition) is 5. The number of aliphatic carboxylic acids is 3. The average Bonchev–Trinajstić information content (AvgIpc) is 2.13. The van der Waals surface area contributed by atoms with Gasteiger partial charge in [-0.2, -0.15) is 0 Å². The number of aliphatic hydroxyl groups is 1. The molecule has 0 aromatic rings. The fourth-order valence-electron chi connectivity index (χ4n) is 1.22. The van der Waals surface area contributed by atoms with Crippen molar-refractivity contribution in [2.24, 2.45) is 5.41 Å². The molecule has 0 saturated heterocycles. The van der Waals surface area contributed by atoms with Crippen LogP contribution in [0.25, 0.3) is 0 Å². The lowest BCUT2D eigenvalue weighted by atomic mass is 9.76. The molecule has 8 nitrogen and oxygen atoms in total. The number of hydrogen-bond donors (Lipinski definition) is 4. The molecule has 0 aliphatic heterocycles. The summed E-state index contributed by atoms with van der Waals surface area (Å²) in [5, 5.41) is 34.9. The lowest BCUT2D eigenvalue weighted by Crippen LogP contribution is -2.46. The van der Waals surface area contributed by atoms with Crippen LogP contribution in [0.1, 0.15) is 12.8 Å². The van der Waals surface area contributed by atoms with Crippen LogP contribution in [0.5, 0.6) is 0 Å². The molecule has 0 bridgehead atoms. The van der Waals surface area contributed by atoms with Crippen LogP contribution in [0.2, 0.25) is 0 Å². The van der Waals surface area contributed by atoms with Crippen molar-refractivity contribution in [3.63, 3.8) is 0 Å². The molecule has 1 unspecified atom stereocenters. The number of aldehydes is 1. The van der Waals surface area contributed by atoms with E-state index in [1.54, 1.807) is 0 Å². The first kappa shape index (κ1) is 14.0. The molecule has 4 N–H and O–H groups in total. The van der Waals surface area contributed by atoms with Gasteiger partial charge in [-0.1, -0.05) is 0 Å². The number of rotatable bonds is 7. The van der Waals surface area contributed by atoms with Gasteiger partial charge in [0.15, 0.2) is 0 Å². The molecule has 0 saturated carbocycles. The van der Waals surface area contributed by atoms with Gasteiger partial charge in [-0.3, -0.25) is 14.4 Å². The van der Waals surface area contributed by atoms with Gasteiger partial charge in [-0.05, 0) is 0 Å². The van der Waals surface area contributed by atoms with E-state index in [1.165, 1.54) is 0 Å². The fourth-order valence-corrected chi connectivity index (χ4v) is 1.22. The molecule has 0 aliphatic carbocycles. The summed E-state index contributed by atoms with van der Waals surface area (Å²) in [5.74, 6) is -5.09. The van der Waals surface area contributed by atoms with Crippen molar-refractivity contribution in [3.05, 3.63) is 0 Å². The van der Waals surface area contributed by atoms with E-state index in [1.807, 2.05) is 0 Å². The highest BCUT2D eigenvalue weighted by atomic mass is 16.4. The van der Waals surface area contributed by atoms with Crippen molar-refractivity contribution in [1.82, 2.24) is 0 Å². The average molecular weight is 234 g/mol. The van der Waals surface area contributed by atoms with Gasteiger partial charge in [0.05, 0.1) is 12.8 Å². The van der Waals surface area contributed by atoms with Crippen molar-refractivity contribution < 1.29 is 39.6 Å². The van der Waals surface area contributed by atoms with Crippen molar-refractivity contribution in [1.29, 1.82) is 0 Å². The summed E-state index contributed by atoms with van der Waals surface area (Å²) in [6.07, 6.45) is -4.71. The minimum Gasteiger partial charge on any atom is -0.481 e. The summed E-state index contributed by atoms with van der Waals surface area (Å²) < 4.78 is 0. The van der Waals surface area contributed by atoms with Crippen LogP contribution in [-0.4, -0.2) is 50.7 Å². The molecule has 0 aromatic heterocycles. The summed E-state index contributed by atoms with van der Waals surface area (Å²) in [6.45, 7) is 0. The molecule has 16 heavy (non-hydrogen) atoms. The van der Waals surface area contributed by atoms with Crippen LogP contribution in [0.4, 0.5) is 0 Å². The zero-order valence-corrected chi connectivity index (χ0v) is 7.99. The second-order valence-corrected chi connectivity index (χ2v) is 3.18. The van der Waals surface area contributed by atoms with Gasteiger partial charge in [0.25, 0.3) is 0 Å². The molecule has 90 valence electrons. The molecule has 0 amide bonds. The van der Waals surface area contributed by atoms with Crippen molar-refractivity contribution in [2.75, 3.05) is 0 Å². The first-order valence-corrected chi connectivity index (χ1v) is 4.06. The Kier molecular flexibility index (Phi) is 4.58. The fraction of sp³-hybridized carbons (Fsp3) is 0.500. The normalized spacial score (nSPS) is 12.8. The Morgan fingerprint density at radius 2 is 1.44 bits per heavy atom. The minimum absolute atomic E-state index is 0.194. The second kappa shape index (κ2) is 5.21. The minimum atomic E-state index is -2.54. The zero-order chi connectivity index (χ0) is 12.9. The highest BCUT2D eigenvalue weighted by Crippen LogP contribution is 2.31. The summed E-state index contributed by atoms with van der Waals surface area (Å²) in [7, 11) is 0. The van der Waals surface area contributed by atoms with Gasteiger partial charge >= 0.3 is 17.9 Å². The lowest BCUT2D eigenvalue weighted by Gasteiger charge is -2.27. The smallest absolute Gasteiger partial charge is 0.313 e. The van der Waals surface area contributed by atoms with Gasteiger partial charge < -0.3 is 25.2 Å². The standard InChI is InChI=1S/C8H10O8/c9-3-4(10)8(7(15)16,1-5(11)12)2-6(13)14/h3-4,10H,1-2H2,(H,11,12)(H,13,14)(H,15,16). The molecular formula is C8H10O8. The molecule has 1 atom stereocenters. The molecule has 0 aliphatic rings. The maximum atomic E-state index is 10.8. The Morgan fingerprint density at radius 3 is 1.62 bits per heavy atom. The number of carbonyl (C=O) groups excluding carboxylic acids is 1. The quantitative estimate of drug-likeness (QED) is 0.391. The van der Waals surface area contributed by atoms with Gasteiger partial charge in [0, 0.05) is 0 Å². The third-order valence-electron chi connectivity index (χ3n) is 2.05. The molecule has 0 rings (SSSR count). The van der Waals surface area contributed by atoms with Gasteiger partial charge in [-0.25, -0.2) is 0 Å². The highest BCUT2D eigenvalue weighted by molar-refractivity contribution is 5.89. The summed E-state index contributed by atoms with van der Waals surface area (Å²) in [6, 6.07) is 0. The topological polar surface area (TPSA) is 149 Å². The van der Waals surface area contributed by atoms with E-state index in [-0.39, 0.29) is 6.29 Å². The molecule has 0 spiro atoms. The molecule has 0 aromatic carbocycles. The van der Waals surface area contributed by atoms with E-state index in [0.29, 0.717) is 0 Å². The van der Waals surface area contributed by atoms with Crippen LogP contribution in [0.15, 0.2) is 0 Å². The van der Waals surface area contributed by atoms with E-state index in [9.17, 15) is 19.2 Å². The Balaban J connectivity index is 5.36. The Hall–Kier alpha value is -1.96. The van der Waals surface area contributed by atoms with E-state index in [4.69, 9.17) is 20.4 Å². The third kappa shape index (κ3) is 3.02.